The van der Waals surface area contributed by atoms with Crippen molar-refractivity contribution in [3.8, 4) is 11.5 Å². The van der Waals surface area contributed by atoms with Crippen LogP contribution in [0.15, 0.2) is 51.7 Å². The minimum Gasteiger partial charge on any atom is -0.497 e. The second-order valence-electron chi connectivity index (χ2n) is 7.49. The van der Waals surface area contributed by atoms with Crippen molar-refractivity contribution in [2.45, 2.75) is 19.9 Å². The first-order valence-electron chi connectivity index (χ1n) is 9.99. The molecule has 2 aromatic carbocycles. The third kappa shape index (κ3) is 2.90. The molecule has 2 aromatic heterocycles. The fourth-order valence-corrected chi connectivity index (χ4v) is 4.96. The molecule has 0 fully saturated rings. The molecule has 4 aromatic rings. The van der Waals surface area contributed by atoms with Crippen molar-refractivity contribution in [3.63, 3.8) is 0 Å². The van der Waals surface area contributed by atoms with Crippen LogP contribution in [0.4, 0.5) is 5.13 Å². The number of anilines is 1. The summed E-state index contributed by atoms with van der Waals surface area (Å²) < 4.78 is 17.0. The Morgan fingerprint density at radius 1 is 1.06 bits per heavy atom. The van der Waals surface area contributed by atoms with Gasteiger partial charge >= 0.3 is 0 Å². The van der Waals surface area contributed by atoms with Gasteiger partial charge in [0.05, 0.1) is 30.9 Å². The van der Waals surface area contributed by atoms with Gasteiger partial charge < -0.3 is 13.9 Å². The zero-order chi connectivity index (χ0) is 22.6. The van der Waals surface area contributed by atoms with Gasteiger partial charge in [0.15, 0.2) is 10.6 Å². The highest BCUT2D eigenvalue weighted by Crippen LogP contribution is 2.46. The highest BCUT2D eigenvalue weighted by atomic mass is 32.1. The summed E-state index contributed by atoms with van der Waals surface area (Å²) in [5.41, 5.74) is 1.83. The van der Waals surface area contributed by atoms with Gasteiger partial charge in [0.1, 0.15) is 23.1 Å². The molecule has 1 aliphatic heterocycles. The summed E-state index contributed by atoms with van der Waals surface area (Å²) in [6, 6.07) is 11.5. The molecule has 1 aliphatic rings. The first-order chi connectivity index (χ1) is 15.4. The summed E-state index contributed by atoms with van der Waals surface area (Å²) >= 11 is 1.40. The molecular formula is C24H20N2O5S. The SMILES string of the molecule is COc1ccc(OC)c(C2c3c(oc4ccccc4c3=O)C(=O)N2c2nc(C)c(C)s2)c1. The number of aromatic nitrogens is 1. The number of hydrogen-bond acceptors (Lipinski definition) is 7. The van der Waals surface area contributed by atoms with E-state index in [9.17, 15) is 9.59 Å². The van der Waals surface area contributed by atoms with Crippen molar-refractivity contribution in [2.24, 2.45) is 0 Å². The number of amides is 1. The topological polar surface area (TPSA) is 81.9 Å². The smallest absolute Gasteiger partial charge is 0.297 e. The van der Waals surface area contributed by atoms with Crippen LogP contribution in [0.5, 0.6) is 11.5 Å². The Balaban J connectivity index is 1.86. The number of rotatable bonds is 4. The molecular weight excluding hydrogens is 428 g/mol. The number of nitrogens with zero attached hydrogens (tertiary/aromatic N) is 2. The number of hydrogen-bond donors (Lipinski definition) is 0. The van der Waals surface area contributed by atoms with E-state index in [0.717, 1.165) is 10.6 Å². The summed E-state index contributed by atoms with van der Waals surface area (Å²) in [5, 5.41) is 0.911. The molecule has 8 heteroatoms. The fourth-order valence-electron chi connectivity index (χ4n) is 4.02. The quantitative estimate of drug-likeness (QED) is 0.453. The Bertz CT molecular complexity index is 1420. The first kappa shape index (κ1) is 20.3. The van der Waals surface area contributed by atoms with Gasteiger partial charge in [-0.15, -0.1) is 11.3 Å². The standard InChI is InChI=1S/C24H20N2O5S/c1-12-13(2)32-24(25-12)26-20(16-11-14(29-3)9-10-17(16)30-4)19-21(27)15-7-5-6-8-18(15)31-22(19)23(26)28/h5-11,20H,1-4H3. The second kappa shape index (κ2) is 7.49. The Kier molecular flexibility index (Phi) is 4.74. The van der Waals surface area contributed by atoms with Gasteiger partial charge in [0.2, 0.25) is 5.76 Å². The third-order valence-corrected chi connectivity index (χ3v) is 6.80. The van der Waals surface area contributed by atoms with E-state index in [1.165, 1.54) is 16.2 Å². The first-order valence-corrected chi connectivity index (χ1v) is 10.8. The van der Waals surface area contributed by atoms with Crippen molar-refractivity contribution in [1.29, 1.82) is 0 Å². The number of methoxy groups -OCH3 is 2. The number of fused-ring (bicyclic) bond motifs is 2. The number of carbonyl (C=O) groups is 1. The number of aryl methyl sites for hydroxylation is 2. The van der Waals surface area contributed by atoms with Gasteiger partial charge in [-0.1, -0.05) is 12.1 Å². The van der Waals surface area contributed by atoms with Crippen LogP contribution in [0.1, 0.15) is 38.3 Å². The summed E-state index contributed by atoms with van der Waals surface area (Å²) in [5.74, 6) is 0.720. The maximum Gasteiger partial charge on any atom is 0.297 e. The van der Waals surface area contributed by atoms with Crippen molar-refractivity contribution in [3.05, 3.63) is 80.1 Å². The summed E-state index contributed by atoms with van der Waals surface area (Å²) in [4.78, 5) is 34.4. The van der Waals surface area contributed by atoms with Gasteiger partial charge in [-0.2, -0.15) is 0 Å². The molecule has 0 saturated heterocycles. The van der Waals surface area contributed by atoms with E-state index in [1.807, 2.05) is 13.8 Å². The molecule has 1 unspecified atom stereocenters. The minimum atomic E-state index is -0.770. The molecule has 0 radical (unpaired) electrons. The lowest BCUT2D eigenvalue weighted by Gasteiger charge is -2.24. The predicted molar refractivity (Wildman–Crippen MR) is 122 cm³/mol. The van der Waals surface area contributed by atoms with Gasteiger partial charge in [-0.25, -0.2) is 4.98 Å². The summed E-state index contributed by atoms with van der Waals surface area (Å²) in [6.45, 7) is 3.84. The van der Waals surface area contributed by atoms with Crippen molar-refractivity contribution in [2.75, 3.05) is 19.1 Å². The Morgan fingerprint density at radius 2 is 1.84 bits per heavy atom. The van der Waals surface area contributed by atoms with Gasteiger partial charge in [0.25, 0.3) is 5.91 Å². The van der Waals surface area contributed by atoms with Crippen LogP contribution in [-0.2, 0) is 0 Å². The predicted octanol–water partition coefficient (Wildman–Crippen LogP) is 4.63. The molecule has 0 spiro atoms. The Hall–Kier alpha value is -3.65. The van der Waals surface area contributed by atoms with E-state index in [-0.39, 0.29) is 16.8 Å². The number of benzene rings is 2. The van der Waals surface area contributed by atoms with Crippen molar-refractivity contribution < 1.29 is 18.7 Å². The Morgan fingerprint density at radius 3 is 2.53 bits per heavy atom. The van der Waals surface area contributed by atoms with E-state index in [0.29, 0.717) is 33.2 Å². The number of carbonyl (C=O) groups excluding carboxylic acids is 1. The lowest BCUT2D eigenvalue weighted by Crippen LogP contribution is -2.29. The van der Waals surface area contributed by atoms with Crippen molar-refractivity contribution >= 4 is 33.3 Å². The van der Waals surface area contributed by atoms with Crippen LogP contribution >= 0.6 is 11.3 Å². The van der Waals surface area contributed by atoms with Crippen LogP contribution < -0.4 is 19.8 Å². The normalized spacial score (nSPS) is 15.3. The molecule has 0 saturated carbocycles. The molecule has 0 bridgehead atoms. The van der Waals surface area contributed by atoms with Crippen LogP contribution in [0.3, 0.4) is 0 Å². The molecule has 0 aliphatic carbocycles. The molecule has 5 rings (SSSR count). The lowest BCUT2D eigenvalue weighted by atomic mass is 9.97. The van der Waals surface area contributed by atoms with Gasteiger partial charge in [-0.3, -0.25) is 14.5 Å². The van der Waals surface area contributed by atoms with Gasteiger partial charge in [0, 0.05) is 10.4 Å². The van der Waals surface area contributed by atoms with E-state index >= 15 is 0 Å². The lowest BCUT2D eigenvalue weighted by molar-refractivity contribution is 0.0970. The van der Waals surface area contributed by atoms with Crippen molar-refractivity contribution in [1.82, 2.24) is 4.98 Å². The number of thiazole rings is 1. The maximum atomic E-state index is 13.6. The molecule has 1 atom stereocenters. The number of para-hydroxylation sites is 1. The monoisotopic (exact) mass is 448 g/mol. The highest BCUT2D eigenvalue weighted by molar-refractivity contribution is 7.15. The van der Waals surface area contributed by atoms with E-state index in [4.69, 9.17) is 13.9 Å². The average Bonchev–Trinajstić information content (AvgIpc) is 3.29. The third-order valence-electron chi connectivity index (χ3n) is 5.73. The van der Waals surface area contributed by atoms with E-state index in [2.05, 4.69) is 4.98 Å². The van der Waals surface area contributed by atoms with Crippen LogP contribution in [0.2, 0.25) is 0 Å². The zero-order valence-corrected chi connectivity index (χ0v) is 18.8. The highest BCUT2D eigenvalue weighted by Gasteiger charge is 2.46. The largest absolute Gasteiger partial charge is 0.497 e. The molecule has 3 heterocycles. The fraction of sp³-hybridized carbons (Fsp3) is 0.208. The van der Waals surface area contributed by atoms with Crippen LogP contribution in [0, 0.1) is 13.8 Å². The second-order valence-corrected chi connectivity index (χ2v) is 8.68. The number of ether oxygens (including phenoxy) is 2. The summed E-state index contributed by atoms with van der Waals surface area (Å²) in [7, 11) is 3.11. The molecule has 1 amide bonds. The molecule has 32 heavy (non-hydrogen) atoms. The Labute approximate surface area is 187 Å². The molecule has 162 valence electrons. The van der Waals surface area contributed by atoms with E-state index < -0.39 is 11.9 Å². The molecule has 7 nitrogen and oxygen atoms in total. The van der Waals surface area contributed by atoms with Crippen LogP contribution in [0.25, 0.3) is 11.0 Å². The average molecular weight is 449 g/mol. The molecule has 0 N–H and O–H groups in total. The van der Waals surface area contributed by atoms with E-state index in [1.54, 1.807) is 56.7 Å². The van der Waals surface area contributed by atoms with Crippen LogP contribution in [-0.4, -0.2) is 25.1 Å². The maximum absolute atomic E-state index is 13.6. The summed E-state index contributed by atoms with van der Waals surface area (Å²) in [6.07, 6.45) is 0. The zero-order valence-electron chi connectivity index (χ0n) is 18.0. The minimum absolute atomic E-state index is 0.0223. The van der Waals surface area contributed by atoms with Gasteiger partial charge in [-0.05, 0) is 44.2 Å².